The zero-order valence-corrected chi connectivity index (χ0v) is 19.6. The van der Waals surface area contributed by atoms with E-state index in [9.17, 15) is 14.9 Å². The molecule has 1 amide bonds. The lowest BCUT2D eigenvalue weighted by molar-refractivity contribution is -0.384. The molecule has 1 saturated heterocycles. The number of piperidine rings is 1. The Kier molecular flexibility index (Phi) is 7.23. The van der Waals surface area contributed by atoms with Crippen molar-refractivity contribution in [1.82, 2.24) is 10.2 Å². The Labute approximate surface area is 200 Å². The van der Waals surface area contributed by atoms with Gasteiger partial charge in [-0.25, -0.2) is 0 Å². The van der Waals surface area contributed by atoms with E-state index in [1.807, 2.05) is 12.1 Å². The van der Waals surface area contributed by atoms with Gasteiger partial charge in [0, 0.05) is 33.2 Å². The normalized spacial score (nSPS) is 14.7. The van der Waals surface area contributed by atoms with Crippen LogP contribution < -0.4 is 10.2 Å². The third-order valence-electron chi connectivity index (χ3n) is 6.38. The van der Waals surface area contributed by atoms with Crippen LogP contribution in [0.2, 0.25) is 0 Å². The topological polar surface area (TPSA) is 78.7 Å². The Morgan fingerprint density at radius 2 is 1.50 bits per heavy atom. The quantitative estimate of drug-likeness (QED) is 0.412. The van der Waals surface area contributed by atoms with Crippen LogP contribution in [0.5, 0.6) is 0 Å². The molecule has 0 saturated carbocycles. The molecule has 0 unspecified atom stereocenters. The number of anilines is 1. The number of para-hydroxylation sites is 1. The molecule has 3 aromatic rings. The van der Waals surface area contributed by atoms with Gasteiger partial charge in [0.15, 0.2) is 0 Å². The van der Waals surface area contributed by atoms with E-state index in [1.165, 1.54) is 17.2 Å². The van der Waals surface area contributed by atoms with Gasteiger partial charge in [-0.2, -0.15) is 0 Å². The molecule has 0 radical (unpaired) electrons. The van der Waals surface area contributed by atoms with Crippen molar-refractivity contribution in [2.45, 2.75) is 24.9 Å². The highest BCUT2D eigenvalue weighted by Crippen LogP contribution is 2.32. The van der Waals surface area contributed by atoms with Crippen molar-refractivity contribution in [3.05, 3.63) is 106 Å². The monoisotopic (exact) mass is 458 g/mol. The maximum atomic E-state index is 13.0. The van der Waals surface area contributed by atoms with Crippen LogP contribution in [0.4, 0.5) is 11.4 Å². The molecule has 3 aromatic carbocycles. The number of likely N-dealkylation sites (tertiary alicyclic amines) is 1. The van der Waals surface area contributed by atoms with Gasteiger partial charge in [-0.3, -0.25) is 19.8 Å². The van der Waals surface area contributed by atoms with E-state index in [0.29, 0.717) is 5.69 Å². The maximum absolute atomic E-state index is 13.0. The third-order valence-corrected chi connectivity index (χ3v) is 6.38. The van der Waals surface area contributed by atoms with Gasteiger partial charge in [0.1, 0.15) is 11.3 Å². The number of nitrogens with one attached hydrogen (secondary N) is 1. The molecule has 1 aliphatic heterocycles. The molecule has 34 heavy (non-hydrogen) atoms. The first-order chi connectivity index (χ1) is 16.5. The number of nitrogens with zero attached hydrogens (tertiary/aromatic N) is 3. The number of hydrogen-bond donors (Lipinski definition) is 1. The molecule has 176 valence electrons. The van der Waals surface area contributed by atoms with Crippen LogP contribution in [-0.2, 0) is 0 Å². The lowest BCUT2D eigenvalue weighted by Crippen LogP contribution is -2.46. The summed E-state index contributed by atoms with van der Waals surface area (Å²) in [6.07, 6.45) is 1.56. The van der Waals surface area contributed by atoms with Crippen LogP contribution in [0.3, 0.4) is 0 Å². The van der Waals surface area contributed by atoms with Gasteiger partial charge in [-0.05, 0) is 36.1 Å². The number of nitro groups is 1. The van der Waals surface area contributed by atoms with Gasteiger partial charge in [-0.1, -0.05) is 66.7 Å². The van der Waals surface area contributed by atoms with Crippen LogP contribution in [0, 0.1) is 10.1 Å². The van der Waals surface area contributed by atoms with Gasteiger partial charge in [0.05, 0.1) is 11.0 Å². The van der Waals surface area contributed by atoms with Crippen molar-refractivity contribution in [2.75, 3.05) is 32.1 Å². The van der Waals surface area contributed by atoms with Crippen molar-refractivity contribution in [1.29, 1.82) is 0 Å². The minimum atomic E-state index is -0.475. The van der Waals surface area contributed by atoms with E-state index >= 15 is 0 Å². The van der Waals surface area contributed by atoms with E-state index in [1.54, 1.807) is 31.1 Å². The summed E-state index contributed by atoms with van der Waals surface area (Å²) in [5.41, 5.74) is 2.85. The summed E-state index contributed by atoms with van der Waals surface area (Å²) in [6, 6.07) is 25.9. The number of amides is 1. The van der Waals surface area contributed by atoms with E-state index in [-0.39, 0.29) is 23.3 Å². The fourth-order valence-corrected chi connectivity index (χ4v) is 4.72. The second-order valence-electron chi connectivity index (χ2n) is 8.83. The average Bonchev–Trinajstić information content (AvgIpc) is 2.86. The summed E-state index contributed by atoms with van der Waals surface area (Å²) in [4.78, 5) is 28.4. The van der Waals surface area contributed by atoms with Crippen LogP contribution in [0.15, 0.2) is 78.9 Å². The molecule has 7 heteroatoms. The largest absolute Gasteiger partial charge is 0.372 e. The summed E-state index contributed by atoms with van der Waals surface area (Å²) >= 11 is 0. The van der Waals surface area contributed by atoms with Crippen molar-refractivity contribution >= 4 is 17.3 Å². The molecule has 4 rings (SSSR count). The van der Waals surface area contributed by atoms with E-state index in [2.05, 4.69) is 58.7 Å². The summed E-state index contributed by atoms with van der Waals surface area (Å²) in [7, 11) is 3.46. The zero-order valence-electron chi connectivity index (χ0n) is 19.6. The predicted molar refractivity (Wildman–Crippen MR) is 134 cm³/mol. The highest BCUT2D eigenvalue weighted by molar-refractivity contribution is 6.00. The van der Waals surface area contributed by atoms with E-state index < -0.39 is 10.8 Å². The minimum Gasteiger partial charge on any atom is -0.372 e. The molecule has 7 nitrogen and oxygen atoms in total. The van der Waals surface area contributed by atoms with Crippen LogP contribution in [-0.4, -0.2) is 49.0 Å². The van der Waals surface area contributed by atoms with Crippen molar-refractivity contribution in [2.24, 2.45) is 0 Å². The molecule has 1 heterocycles. The Morgan fingerprint density at radius 3 is 2.00 bits per heavy atom. The number of nitro benzene ring substituents is 1. The van der Waals surface area contributed by atoms with Gasteiger partial charge < -0.3 is 10.2 Å². The lowest BCUT2D eigenvalue weighted by Gasteiger charge is -2.38. The standard InChI is InChI=1S/C27H30N4O3/c1-29(2)24-15-9-14-23(26(24)31(33)34)27(32)28-22-16-18-30(19-17-22)25(20-10-5-3-6-11-20)21-12-7-4-8-13-21/h3-15,22,25H,16-19H2,1-2H3,(H,28,32). The summed E-state index contributed by atoms with van der Waals surface area (Å²) < 4.78 is 0. The van der Waals surface area contributed by atoms with Crippen LogP contribution in [0.25, 0.3) is 0 Å². The number of benzene rings is 3. The van der Waals surface area contributed by atoms with E-state index in [0.717, 1.165) is 25.9 Å². The Hall–Kier alpha value is -3.71. The molecule has 1 aliphatic rings. The second kappa shape index (κ2) is 10.5. The fourth-order valence-electron chi connectivity index (χ4n) is 4.72. The number of carbonyl (C=O) groups is 1. The smallest absolute Gasteiger partial charge is 0.305 e. The summed E-state index contributed by atoms with van der Waals surface area (Å²) in [5.74, 6) is -0.392. The van der Waals surface area contributed by atoms with Gasteiger partial charge in [0.2, 0.25) is 0 Å². The Morgan fingerprint density at radius 1 is 0.941 bits per heavy atom. The predicted octanol–water partition coefficient (Wildman–Crippen LogP) is 4.64. The third kappa shape index (κ3) is 5.10. The first-order valence-electron chi connectivity index (χ1n) is 11.5. The average molecular weight is 459 g/mol. The number of hydrogen-bond acceptors (Lipinski definition) is 5. The lowest BCUT2D eigenvalue weighted by atomic mass is 9.94. The van der Waals surface area contributed by atoms with Crippen molar-refractivity contribution < 1.29 is 9.72 Å². The SMILES string of the molecule is CN(C)c1cccc(C(=O)NC2CCN(C(c3ccccc3)c3ccccc3)CC2)c1[N+](=O)[O-]. The minimum absolute atomic E-state index is 0.0291. The first-order valence-corrected chi connectivity index (χ1v) is 11.5. The zero-order chi connectivity index (χ0) is 24.1. The molecular weight excluding hydrogens is 428 g/mol. The second-order valence-corrected chi connectivity index (χ2v) is 8.83. The molecule has 1 fully saturated rings. The van der Waals surface area contributed by atoms with Crippen molar-refractivity contribution in [3.8, 4) is 0 Å². The van der Waals surface area contributed by atoms with Gasteiger partial charge in [-0.15, -0.1) is 0 Å². The Balaban J connectivity index is 1.47. The van der Waals surface area contributed by atoms with Crippen LogP contribution >= 0.6 is 0 Å². The van der Waals surface area contributed by atoms with Gasteiger partial charge in [0.25, 0.3) is 5.91 Å². The highest BCUT2D eigenvalue weighted by Gasteiger charge is 2.30. The maximum Gasteiger partial charge on any atom is 0.305 e. The number of rotatable bonds is 7. The molecule has 0 aromatic heterocycles. The molecule has 0 atom stereocenters. The molecule has 0 spiro atoms. The molecule has 1 N–H and O–H groups in total. The Bertz CT molecular complexity index is 1090. The van der Waals surface area contributed by atoms with Crippen molar-refractivity contribution in [3.63, 3.8) is 0 Å². The molecular formula is C27H30N4O3. The number of carbonyl (C=O) groups excluding carboxylic acids is 1. The first kappa shape index (κ1) is 23.4. The molecule has 0 bridgehead atoms. The van der Waals surface area contributed by atoms with E-state index in [4.69, 9.17) is 0 Å². The van der Waals surface area contributed by atoms with Crippen LogP contribution in [0.1, 0.15) is 40.4 Å². The summed E-state index contributed by atoms with van der Waals surface area (Å²) in [6.45, 7) is 1.64. The highest BCUT2D eigenvalue weighted by atomic mass is 16.6. The molecule has 0 aliphatic carbocycles. The van der Waals surface area contributed by atoms with Gasteiger partial charge >= 0.3 is 5.69 Å². The summed E-state index contributed by atoms with van der Waals surface area (Å²) in [5, 5.41) is 14.8. The fraction of sp³-hybridized carbons (Fsp3) is 0.296.